The fourth-order valence-corrected chi connectivity index (χ4v) is 0.719. The van der Waals surface area contributed by atoms with Gasteiger partial charge in [0.2, 0.25) is 0 Å². The summed E-state index contributed by atoms with van der Waals surface area (Å²) in [7, 11) is 0. The Labute approximate surface area is 49.5 Å². The van der Waals surface area contributed by atoms with Gasteiger partial charge in [-0.15, -0.1) is 6.58 Å². The zero-order valence-corrected chi connectivity index (χ0v) is 4.88. The highest BCUT2D eigenvalue weighted by atomic mass is 15.2. The second-order valence-corrected chi connectivity index (χ2v) is 1.83. The lowest BCUT2D eigenvalue weighted by Gasteiger charge is -2.07. The van der Waals surface area contributed by atoms with Crippen LogP contribution < -0.4 is 0 Å². The van der Waals surface area contributed by atoms with E-state index < -0.39 is 0 Å². The third kappa shape index (κ3) is 1.17. The van der Waals surface area contributed by atoms with E-state index in [0.717, 1.165) is 19.8 Å². The van der Waals surface area contributed by atoms with Gasteiger partial charge in [0.1, 0.15) is 0 Å². The molecule has 0 fully saturated rings. The zero-order chi connectivity index (χ0) is 5.82. The number of hydrogen-bond acceptors (Lipinski definition) is 2. The minimum Gasteiger partial charge on any atom is -0.281 e. The molecule has 44 valence electrons. The van der Waals surface area contributed by atoms with Crippen LogP contribution in [0.2, 0.25) is 0 Å². The van der Waals surface area contributed by atoms with Gasteiger partial charge < -0.3 is 0 Å². The molecule has 0 amide bonds. The summed E-state index contributed by atoms with van der Waals surface area (Å²) in [5, 5.41) is 0. The zero-order valence-electron chi connectivity index (χ0n) is 4.88. The van der Waals surface area contributed by atoms with Gasteiger partial charge in [0.25, 0.3) is 0 Å². The SMILES string of the molecule is C=CCN1CC=NC1. The van der Waals surface area contributed by atoms with Gasteiger partial charge in [-0.3, -0.25) is 9.89 Å². The predicted molar refractivity (Wildman–Crippen MR) is 35.1 cm³/mol. The fraction of sp³-hybridized carbons (Fsp3) is 0.500. The quantitative estimate of drug-likeness (QED) is 0.473. The maximum Gasteiger partial charge on any atom is 0.0911 e. The maximum atomic E-state index is 4.04. The first-order valence-corrected chi connectivity index (χ1v) is 2.75. The van der Waals surface area contributed by atoms with Crippen molar-refractivity contribution in [2.45, 2.75) is 0 Å². The molecule has 1 rings (SSSR count). The molecule has 0 spiro atoms. The van der Waals surface area contributed by atoms with Crippen LogP contribution in [0.5, 0.6) is 0 Å². The lowest BCUT2D eigenvalue weighted by Crippen LogP contribution is -2.20. The fourth-order valence-electron chi connectivity index (χ4n) is 0.719. The van der Waals surface area contributed by atoms with E-state index in [0.29, 0.717) is 0 Å². The van der Waals surface area contributed by atoms with Crippen LogP contribution in [0.1, 0.15) is 0 Å². The van der Waals surface area contributed by atoms with Crippen LogP contribution in [0.3, 0.4) is 0 Å². The molecule has 1 heterocycles. The Morgan fingerprint density at radius 1 is 1.88 bits per heavy atom. The molecular formula is C6H10N2. The van der Waals surface area contributed by atoms with Crippen molar-refractivity contribution < 1.29 is 0 Å². The summed E-state index contributed by atoms with van der Waals surface area (Å²) < 4.78 is 0. The molecule has 2 heteroatoms. The molecule has 1 aliphatic heterocycles. The molecule has 8 heavy (non-hydrogen) atoms. The third-order valence-corrected chi connectivity index (χ3v) is 1.14. The van der Waals surface area contributed by atoms with Crippen molar-refractivity contribution in [1.82, 2.24) is 4.90 Å². The van der Waals surface area contributed by atoms with E-state index in [4.69, 9.17) is 0 Å². The average Bonchev–Trinajstić information content (AvgIpc) is 2.19. The molecule has 0 unspecified atom stereocenters. The molecule has 0 atom stereocenters. The first-order chi connectivity index (χ1) is 3.93. The summed E-state index contributed by atoms with van der Waals surface area (Å²) in [6.45, 7) is 6.43. The molecule has 0 radical (unpaired) electrons. The first kappa shape index (κ1) is 5.51. The van der Waals surface area contributed by atoms with Gasteiger partial charge in [-0.2, -0.15) is 0 Å². The van der Waals surface area contributed by atoms with Crippen molar-refractivity contribution in [3.8, 4) is 0 Å². The summed E-state index contributed by atoms with van der Waals surface area (Å²) in [5.74, 6) is 0. The van der Waals surface area contributed by atoms with E-state index in [1.165, 1.54) is 0 Å². The standard InChI is InChI=1S/C6H10N2/c1-2-4-8-5-3-7-6-8/h2-3H,1,4-6H2. The highest BCUT2D eigenvalue weighted by Gasteiger charge is 2.02. The van der Waals surface area contributed by atoms with E-state index in [1.807, 2.05) is 12.3 Å². The van der Waals surface area contributed by atoms with Crippen molar-refractivity contribution in [3.63, 3.8) is 0 Å². The number of rotatable bonds is 2. The lowest BCUT2D eigenvalue weighted by atomic mass is 10.5. The van der Waals surface area contributed by atoms with Crippen LogP contribution in [-0.2, 0) is 0 Å². The Hall–Kier alpha value is -0.630. The number of nitrogens with zero attached hydrogens (tertiary/aromatic N) is 2. The Morgan fingerprint density at radius 2 is 2.75 bits per heavy atom. The van der Waals surface area contributed by atoms with Gasteiger partial charge >= 0.3 is 0 Å². The van der Waals surface area contributed by atoms with Crippen molar-refractivity contribution in [1.29, 1.82) is 0 Å². The maximum absolute atomic E-state index is 4.04. The van der Waals surface area contributed by atoms with E-state index in [9.17, 15) is 0 Å². The van der Waals surface area contributed by atoms with Crippen LogP contribution in [-0.4, -0.2) is 30.9 Å². The van der Waals surface area contributed by atoms with Gasteiger partial charge in [-0.1, -0.05) is 6.08 Å². The molecule has 0 bridgehead atoms. The third-order valence-electron chi connectivity index (χ3n) is 1.14. The van der Waals surface area contributed by atoms with E-state index in [1.54, 1.807) is 0 Å². The predicted octanol–water partition coefficient (Wildman–Crippen LogP) is 0.516. The summed E-state index contributed by atoms with van der Waals surface area (Å²) in [4.78, 5) is 6.24. The number of hydrogen-bond donors (Lipinski definition) is 0. The van der Waals surface area contributed by atoms with Crippen LogP contribution in [0.4, 0.5) is 0 Å². The Bertz CT molecular complexity index is 99.1. The van der Waals surface area contributed by atoms with Gasteiger partial charge in [0, 0.05) is 19.3 Å². The van der Waals surface area contributed by atoms with E-state index in [-0.39, 0.29) is 0 Å². The number of aliphatic imine (C=N–C) groups is 1. The average molecular weight is 110 g/mol. The summed E-state index contributed by atoms with van der Waals surface area (Å²) >= 11 is 0. The minimum absolute atomic E-state index is 0.853. The Morgan fingerprint density at radius 3 is 3.25 bits per heavy atom. The van der Waals surface area contributed by atoms with Crippen LogP contribution in [0.15, 0.2) is 17.6 Å². The van der Waals surface area contributed by atoms with Gasteiger partial charge in [0.05, 0.1) is 6.67 Å². The molecule has 0 aliphatic carbocycles. The smallest absolute Gasteiger partial charge is 0.0911 e. The molecule has 0 aromatic carbocycles. The highest BCUT2D eigenvalue weighted by Crippen LogP contribution is 1.92. The molecule has 0 saturated heterocycles. The summed E-state index contributed by atoms with van der Waals surface area (Å²) in [5.41, 5.74) is 0. The second kappa shape index (κ2) is 2.62. The minimum atomic E-state index is 0.853. The van der Waals surface area contributed by atoms with Crippen molar-refractivity contribution in [3.05, 3.63) is 12.7 Å². The molecule has 0 N–H and O–H groups in total. The monoisotopic (exact) mass is 110 g/mol. The molecule has 1 aliphatic rings. The first-order valence-electron chi connectivity index (χ1n) is 2.75. The van der Waals surface area contributed by atoms with Gasteiger partial charge in [-0.25, -0.2) is 0 Å². The Kier molecular flexibility index (Phi) is 1.80. The highest BCUT2D eigenvalue weighted by molar-refractivity contribution is 5.61. The van der Waals surface area contributed by atoms with E-state index in [2.05, 4.69) is 16.5 Å². The van der Waals surface area contributed by atoms with Crippen LogP contribution in [0.25, 0.3) is 0 Å². The normalized spacial score (nSPS) is 19.5. The van der Waals surface area contributed by atoms with Gasteiger partial charge in [-0.05, 0) is 0 Å². The van der Waals surface area contributed by atoms with Crippen molar-refractivity contribution in [2.75, 3.05) is 19.8 Å². The van der Waals surface area contributed by atoms with Crippen LogP contribution >= 0.6 is 0 Å². The Balaban J connectivity index is 2.19. The van der Waals surface area contributed by atoms with Crippen molar-refractivity contribution >= 4 is 6.21 Å². The van der Waals surface area contributed by atoms with Crippen molar-refractivity contribution in [2.24, 2.45) is 4.99 Å². The summed E-state index contributed by atoms with van der Waals surface area (Å²) in [6, 6.07) is 0. The molecule has 0 aromatic rings. The lowest BCUT2D eigenvalue weighted by molar-refractivity contribution is 0.382. The topological polar surface area (TPSA) is 15.6 Å². The molecule has 0 aromatic heterocycles. The summed E-state index contributed by atoms with van der Waals surface area (Å²) in [6.07, 6.45) is 3.83. The molecule has 2 nitrogen and oxygen atoms in total. The molecular weight excluding hydrogens is 100 g/mol. The van der Waals surface area contributed by atoms with E-state index >= 15 is 0 Å². The van der Waals surface area contributed by atoms with Crippen LogP contribution in [0, 0.1) is 0 Å². The largest absolute Gasteiger partial charge is 0.281 e. The van der Waals surface area contributed by atoms with Gasteiger partial charge in [0.15, 0.2) is 0 Å². The molecule has 0 saturated carbocycles. The second-order valence-electron chi connectivity index (χ2n) is 1.83.